The number of rotatable bonds is 5. The summed E-state index contributed by atoms with van der Waals surface area (Å²) in [6.45, 7) is 5.49. The molecule has 1 aromatic rings. The van der Waals surface area contributed by atoms with E-state index in [9.17, 15) is 12.8 Å². The van der Waals surface area contributed by atoms with Crippen LogP contribution in [0.2, 0.25) is 0 Å². The summed E-state index contributed by atoms with van der Waals surface area (Å²) in [7, 11) is -3.84. The van der Waals surface area contributed by atoms with Crippen LogP contribution in [0.1, 0.15) is 20.8 Å². The Morgan fingerprint density at radius 1 is 1.37 bits per heavy atom. The van der Waals surface area contributed by atoms with E-state index in [4.69, 9.17) is 9.88 Å². The van der Waals surface area contributed by atoms with Crippen LogP contribution >= 0.6 is 0 Å². The molecule has 1 atom stereocenters. The molecule has 0 bridgehead atoms. The molecule has 1 rings (SSSR count). The molecule has 0 aliphatic carbocycles. The normalized spacial score (nSPS) is 14.2. The number of ether oxygens (including phenoxy) is 1. The molecule has 19 heavy (non-hydrogen) atoms. The van der Waals surface area contributed by atoms with Gasteiger partial charge in [0.25, 0.3) is 10.2 Å². The van der Waals surface area contributed by atoms with Crippen molar-refractivity contribution in [3.63, 3.8) is 0 Å². The van der Waals surface area contributed by atoms with Crippen LogP contribution in [0.4, 0.5) is 4.39 Å². The topological polar surface area (TPSA) is 81.4 Å². The molecule has 0 saturated carbocycles. The van der Waals surface area contributed by atoms with Gasteiger partial charge in [0, 0.05) is 0 Å². The molecule has 0 saturated heterocycles. The lowest BCUT2D eigenvalue weighted by Gasteiger charge is -2.30. The summed E-state index contributed by atoms with van der Waals surface area (Å²) >= 11 is 0. The first kappa shape index (κ1) is 15.9. The van der Waals surface area contributed by atoms with Crippen LogP contribution in [-0.4, -0.2) is 21.1 Å². The predicted octanol–water partition coefficient (Wildman–Crippen LogP) is 1.41. The lowest BCUT2D eigenvalue weighted by atomic mass is 9.88. The third-order valence-electron chi connectivity index (χ3n) is 2.59. The second kappa shape index (κ2) is 5.85. The van der Waals surface area contributed by atoms with Crippen molar-refractivity contribution >= 4 is 10.2 Å². The number of benzene rings is 1. The van der Waals surface area contributed by atoms with E-state index in [0.29, 0.717) is 0 Å². The van der Waals surface area contributed by atoms with Gasteiger partial charge >= 0.3 is 0 Å². The van der Waals surface area contributed by atoms with Gasteiger partial charge in [-0.15, -0.1) is 0 Å². The molecular weight excluding hydrogens is 271 g/mol. The Morgan fingerprint density at radius 2 is 1.95 bits per heavy atom. The highest BCUT2D eigenvalue weighted by Gasteiger charge is 2.28. The van der Waals surface area contributed by atoms with Crippen LogP contribution in [0.3, 0.4) is 0 Å². The van der Waals surface area contributed by atoms with Gasteiger partial charge in [-0.3, -0.25) is 0 Å². The first-order chi connectivity index (χ1) is 8.59. The fraction of sp³-hybridized carbons (Fsp3) is 0.500. The number of hydrogen-bond donors (Lipinski definition) is 2. The predicted molar refractivity (Wildman–Crippen MR) is 71.4 cm³/mol. The first-order valence-electron chi connectivity index (χ1n) is 5.77. The van der Waals surface area contributed by atoms with Crippen molar-refractivity contribution < 1.29 is 17.5 Å². The number of halogens is 1. The summed E-state index contributed by atoms with van der Waals surface area (Å²) in [4.78, 5) is 0. The van der Waals surface area contributed by atoms with Gasteiger partial charge in [0.2, 0.25) is 0 Å². The zero-order valence-electron chi connectivity index (χ0n) is 11.2. The highest BCUT2D eigenvalue weighted by Crippen LogP contribution is 2.22. The van der Waals surface area contributed by atoms with Gasteiger partial charge in [0.05, 0.1) is 6.04 Å². The number of nitrogens with two attached hydrogens (primary N) is 1. The maximum Gasteiger partial charge on any atom is 0.274 e. The van der Waals surface area contributed by atoms with Crippen LogP contribution in [0.15, 0.2) is 24.3 Å². The standard InChI is InChI=1S/C12H19FN2O3S/c1-12(2,3)11(15-19(14,16)17)8-18-10-7-5-4-6-9(10)13/h4-7,11,15H,8H2,1-3H3,(H2,14,16,17)/t11-/m1/s1. The molecule has 0 aliphatic rings. The second-order valence-corrected chi connectivity index (χ2v) is 6.65. The summed E-state index contributed by atoms with van der Waals surface area (Å²) in [5, 5.41) is 4.96. The molecule has 108 valence electrons. The Hall–Kier alpha value is -1.18. The highest BCUT2D eigenvalue weighted by atomic mass is 32.2. The van der Waals surface area contributed by atoms with Gasteiger partial charge in [-0.05, 0) is 17.5 Å². The molecule has 0 spiro atoms. The molecule has 0 heterocycles. The monoisotopic (exact) mass is 290 g/mol. The van der Waals surface area contributed by atoms with Gasteiger partial charge in [-0.2, -0.15) is 13.1 Å². The summed E-state index contributed by atoms with van der Waals surface area (Å²) in [5.74, 6) is -0.418. The quantitative estimate of drug-likeness (QED) is 0.860. The third kappa shape index (κ3) is 5.54. The summed E-state index contributed by atoms with van der Waals surface area (Å²) in [5.41, 5.74) is -0.419. The average molecular weight is 290 g/mol. The number of hydrogen-bond acceptors (Lipinski definition) is 3. The molecule has 7 heteroatoms. The fourth-order valence-electron chi connectivity index (χ4n) is 1.39. The Morgan fingerprint density at radius 3 is 2.42 bits per heavy atom. The van der Waals surface area contributed by atoms with Crippen LogP contribution in [0.5, 0.6) is 5.75 Å². The van der Waals surface area contributed by atoms with Gasteiger partial charge < -0.3 is 4.74 Å². The fourth-order valence-corrected chi connectivity index (χ4v) is 2.21. The highest BCUT2D eigenvalue weighted by molar-refractivity contribution is 7.87. The Balaban J connectivity index is 2.77. The van der Waals surface area contributed by atoms with Crippen molar-refractivity contribution in [1.29, 1.82) is 0 Å². The lowest BCUT2D eigenvalue weighted by molar-refractivity contribution is 0.187. The van der Waals surface area contributed by atoms with E-state index in [0.717, 1.165) is 0 Å². The molecule has 0 aliphatic heterocycles. The van der Waals surface area contributed by atoms with Crippen molar-refractivity contribution in [1.82, 2.24) is 4.72 Å². The van der Waals surface area contributed by atoms with E-state index in [2.05, 4.69) is 4.72 Å². The minimum atomic E-state index is -3.84. The SMILES string of the molecule is CC(C)(C)[C@@H](COc1ccccc1F)NS(N)(=O)=O. The van der Waals surface area contributed by atoms with Crippen LogP contribution in [0.25, 0.3) is 0 Å². The number of para-hydroxylation sites is 1. The van der Waals surface area contributed by atoms with Crippen molar-refractivity contribution in [2.45, 2.75) is 26.8 Å². The zero-order valence-corrected chi connectivity index (χ0v) is 12.0. The van der Waals surface area contributed by atoms with Crippen molar-refractivity contribution in [3.8, 4) is 5.75 Å². The third-order valence-corrected chi connectivity index (χ3v) is 3.21. The Kier molecular flexibility index (Phi) is 4.89. The Bertz CT molecular complexity index is 526. The minimum Gasteiger partial charge on any atom is -0.489 e. The van der Waals surface area contributed by atoms with Crippen molar-refractivity contribution in [3.05, 3.63) is 30.1 Å². The molecule has 0 amide bonds. The van der Waals surface area contributed by atoms with E-state index >= 15 is 0 Å². The van der Waals surface area contributed by atoms with E-state index in [1.54, 1.807) is 12.1 Å². The number of nitrogens with one attached hydrogen (secondary N) is 1. The maximum absolute atomic E-state index is 13.4. The van der Waals surface area contributed by atoms with Gasteiger partial charge in [0.1, 0.15) is 6.61 Å². The Labute approximate surface area is 113 Å². The van der Waals surface area contributed by atoms with E-state index in [-0.39, 0.29) is 12.4 Å². The van der Waals surface area contributed by atoms with E-state index in [1.807, 2.05) is 20.8 Å². The molecular formula is C12H19FN2O3S. The molecule has 1 aromatic carbocycles. The lowest BCUT2D eigenvalue weighted by Crippen LogP contribution is -2.49. The van der Waals surface area contributed by atoms with Crippen LogP contribution in [0, 0.1) is 11.2 Å². The van der Waals surface area contributed by atoms with Gasteiger partial charge in [0.15, 0.2) is 11.6 Å². The van der Waals surface area contributed by atoms with Crippen LogP contribution in [-0.2, 0) is 10.2 Å². The second-order valence-electron chi connectivity index (χ2n) is 5.32. The molecule has 0 unspecified atom stereocenters. The molecule has 3 N–H and O–H groups in total. The first-order valence-corrected chi connectivity index (χ1v) is 7.31. The summed E-state index contributed by atoms with van der Waals surface area (Å²) in [6, 6.07) is 5.37. The van der Waals surface area contributed by atoms with Crippen LogP contribution < -0.4 is 14.6 Å². The van der Waals surface area contributed by atoms with Crippen molar-refractivity contribution in [2.75, 3.05) is 6.61 Å². The molecule has 5 nitrogen and oxygen atoms in total. The summed E-state index contributed by atoms with van der Waals surface area (Å²) < 4.78 is 43.2. The minimum absolute atomic E-state index is 0.0130. The van der Waals surface area contributed by atoms with Gasteiger partial charge in [-0.1, -0.05) is 32.9 Å². The largest absolute Gasteiger partial charge is 0.489 e. The smallest absolute Gasteiger partial charge is 0.274 e. The van der Waals surface area contributed by atoms with Gasteiger partial charge in [-0.25, -0.2) is 9.53 Å². The maximum atomic E-state index is 13.4. The van der Waals surface area contributed by atoms with Crippen molar-refractivity contribution in [2.24, 2.45) is 10.6 Å². The molecule has 0 radical (unpaired) electrons. The average Bonchev–Trinajstić information content (AvgIpc) is 2.23. The van der Waals surface area contributed by atoms with E-state index in [1.165, 1.54) is 12.1 Å². The summed E-state index contributed by atoms with van der Waals surface area (Å²) in [6.07, 6.45) is 0. The molecule has 0 fully saturated rings. The zero-order chi connectivity index (χ0) is 14.7. The van der Waals surface area contributed by atoms with E-state index < -0.39 is 27.5 Å². The molecule has 0 aromatic heterocycles.